The first-order chi connectivity index (χ1) is 11.7. The SMILES string of the molecule is Cc1nnc2ccc(C(=O)Nc3sc4c(c3C#N)CCCC4)cn12. The van der Waals surface area contributed by atoms with Crippen molar-refractivity contribution in [1.29, 1.82) is 5.26 Å². The molecule has 24 heavy (non-hydrogen) atoms. The molecular formula is C17H15N5OS. The van der Waals surface area contributed by atoms with Crippen molar-refractivity contribution in [1.82, 2.24) is 14.6 Å². The second kappa shape index (κ2) is 5.73. The third-order valence-corrected chi connectivity index (χ3v) is 5.55. The van der Waals surface area contributed by atoms with E-state index >= 15 is 0 Å². The summed E-state index contributed by atoms with van der Waals surface area (Å²) in [6.07, 6.45) is 5.90. The van der Waals surface area contributed by atoms with Gasteiger partial charge in [0.05, 0.1) is 11.1 Å². The Kier molecular flexibility index (Phi) is 3.54. The van der Waals surface area contributed by atoms with E-state index in [0.29, 0.717) is 21.8 Å². The molecular weight excluding hydrogens is 322 g/mol. The number of hydrogen-bond acceptors (Lipinski definition) is 5. The number of hydrogen-bond donors (Lipinski definition) is 1. The predicted molar refractivity (Wildman–Crippen MR) is 91.4 cm³/mol. The lowest BCUT2D eigenvalue weighted by Crippen LogP contribution is -2.12. The number of anilines is 1. The van der Waals surface area contributed by atoms with Crippen LogP contribution in [0.4, 0.5) is 5.00 Å². The molecule has 3 heterocycles. The van der Waals surface area contributed by atoms with Crippen molar-refractivity contribution < 1.29 is 4.79 Å². The zero-order valence-corrected chi connectivity index (χ0v) is 14.0. The second-order valence-corrected chi connectivity index (χ2v) is 6.98. The highest BCUT2D eigenvalue weighted by atomic mass is 32.1. The van der Waals surface area contributed by atoms with E-state index in [1.807, 2.05) is 6.92 Å². The molecule has 1 N–H and O–H groups in total. The topological polar surface area (TPSA) is 83.1 Å². The third-order valence-electron chi connectivity index (χ3n) is 4.35. The van der Waals surface area contributed by atoms with Gasteiger partial charge in [-0.2, -0.15) is 5.26 Å². The number of aryl methyl sites for hydroxylation is 2. The number of aromatic nitrogens is 3. The van der Waals surface area contributed by atoms with E-state index in [4.69, 9.17) is 0 Å². The van der Waals surface area contributed by atoms with Crippen LogP contribution in [0.15, 0.2) is 18.3 Å². The highest BCUT2D eigenvalue weighted by Gasteiger charge is 2.22. The molecule has 0 saturated heterocycles. The van der Waals surface area contributed by atoms with E-state index < -0.39 is 0 Å². The Morgan fingerprint density at radius 2 is 2.17 bits per heavy atom. The predicted octanol–water partition coefficient (Wildman–Crippen LogP) is 3.10. The van der Waals surface area contributed by atoms with Crippen molar-refractivity contribution in [2.75, 3.05) is 5.32 Å². The number of carbonyl (C=O) groups excluding carboxylic acids is 1. The molecule has 1 aliphatic rings. The van der Waals surface area contributed by atoms with E-state index in [1.165, 1.54) is 16.2 Å². The van der Waals surface area contributed by atoms with Gasteiger partial charge in [0.25, 0.3) is 5.91 Å². The van der Waals surface area contributed by atoms with E-state index in [9.17, 15) is 10.1 Å². The second-order valence-electron chi connectivity index (χ2n) is 5.87. The van der Waals surface area contributed by atoms with Gasteiger partial charge in [-0.05, 0) is 50.3 Å². The van der Waals surface area contributed by atoms with Crippen LogP contribution in [0, 0.1) is 18.3 Å². The molecule has 3 aromatic rings. The first-order valence-electron chi connectivity index (χ1n) is 7.85. The molecule has 120 valence electrons. The molecule has 0 unspecified atom stereocenters. The summed E-state index contributed by atoms with van der Waals surface area (Å²) in [5.41, 5.74) is 2.97. The Morgan fingerprint density at radius 1 is 1.33 bits per heavy atom. The molecule has 1 aliphatic carbocycles. The molecule has 0 aliphatic heterocycles. The van der Waals surface area contributed by atoms with Crippen molar-refractivity contribution in [2.45, 2.75) is 32.6 Å². The van der Waals surface area contributed by atoms with Gasteiger partial charge in [-0.15, -0.1) is 21.5 Å². The van der Waals surface area contributed by atoms with Gasteiger partial charge in [0.15, 0.2) is 5.65 Å². The maximum atomic E-state index is 12.6. The van der Waals surface area contributed by atoms with Gasteiger partial charge >= 0.3 is 0 Å². The number of nitrogens with zero attached hydrogens (tertiary/aromatic N) is 4. The van der Waals surface area contributed by atoms with Crippen LogP contribution in [0.1, 0.15) is 45.0 Å². The minimum Gasteiger partial charge on any atom is -0.312 e. The molecule has 7 heteroatoms. The number of amides is 1. The largest absolute Gasteiger partial charge is 0.312 e. The number of rotatable bonds is 2. The summed E-state index contributed by atoms with van der Waals surface area (Å²) in [5.74, 6) is 0.504. The maximum absolute atomic E-state index is 12.6. The average Bonchev–Trinajstić information content (AvgIpc) is 3.14. The minimum absolute atomic E-state index is 0.222. The standard InChI is InChI=1S/C17H15N5OS/c1-10-20-21-15-7-6-11(9-22(10)15)16(23)19-17-13(8-18)12-4-2-3-5-14(12)24-17/h6-7,9H,2-5H2,1H3,(H,19,23). The highest BCUT2D eigenvalue weighted by molar-refractivity contribution is 7.16. The Balaban J connectivity index is 1.67. The van der Waals surface area contributed by atoms with Gasteiger partial charge in [0, 0.05) is 11.1 Å². The first-order valence-corrected chi connectivity index (χ1v) is 8.66. The van der Waals surface area contributed by atoms with Gasteiger partial charge in [0.1, 0.15) is 16.9 Å². The minimum atomic E-state index is -0.222. The van der Waals surface area contributed by atoms with Gasteiger partial charge in [0.2, 0.25) is 0 Å². The molecule has 0 bridgehead atoms. The maximum Gasteiger partial charge on any atom is 0.257 e. The Morgan fingerprint density at radius 3 is 3.00 bits per heavy atom. The molecule has 0 aromatic carbocycles. The lowest BCUT2D eigenvalue weighted by Gasteiger charge is -2.09. The summed E-state index contributed by atoms with van der Waals surface area (Å²) in [5, 5.41) is 21.1. The molecule has 0 saturated carbocycles. The van der Waals surface area contributed by atoms with Gasteiger partial charge < -0.3 is 5.32 Å². The molecule has 0 fully saturated rings. The number of pyridine rings is 1. The van der Waals surface area contributed by atoms with E-state index in [-0.39, 0.29) is 5.91 Å². The smallest absolute Gasteiger partial charge is 0.257 e. The summed E-state index contributed by atoms with van der Waals surface area (Å²) in [6, 6.07) is 5.75. The fourth-order valence-electron chi connectivity index (χ4n) is 3.09. The van der Waals surface area contributed by atoms with Crippen LogP contribution in [0.5, 0.6) is 0 Å². The van der Waals surface area contributed by atoms with Crippen LogP contribution in [-0.4, -0.2) is 20.5 Å². The highest BCUT2D eigenvalue weighted by Crippen LogP contribution is 2.37. The van der Waals surface area contributed by atoms with E-state index in [2.05, 4.69) is 21.6 Å². The zero-order valence-electron chi connectivity index (χ0n) is 13.2. The van der Waals surface area contributed by atoms with Crippen LogP contribution in [-0.2, 0) is 12.8 Å². The number of thiophene rings is 1. The fourth-order valence-corrected chi connectivity index (χ4v) is 4.32. The molecule has 3 aromatic heterocycles. The van der Waals surface area contributed by atoms with Crippen LogP contribution in [0.3, 0.4) is 0 Å². The molecule has 0 atom stereocenters. The third kappa shape index (κ3) is 2.36. The van der Waals surface area contributed by atoms with Crippen LogP contribution in [0.2, 0.25) is 0 Å². The van der Waals surface area contributed by atoms with Crippen LogP contribution >= 0.6 is 11.3 Å². The number of nitrogens with one attached hydrogen (secondary N) is 1. The Labute approximate surface area is 142 Å². The summed E-state index contributed by atoms with van der Waals surface area (Å²) in [7, 11) is 0. The van der Waals surface area contributed by atoms with Gasteiger partial charge in [-0.1, -0.05) is 0 Å². The first kappa shape index (κ1) is 14.8. The fraction of sp³-hybridized carbons (Fsp3) is 0.294. The van der Waals surface area contributed by atoms with Crippen molar-refractivity contribution in [3.05, 3.63) is 45.7 Å². The molecule has 0 radical (unpaired) electrons. The van der Waals surface area contributed by atoms with Crippen molar-refractivity contribution in [3.63, 3.8) is 0 Å². The van der Waals surface area contributed by atoms with Crippen LogP contribution < -0.4 is 5.32 Å². The molecule has 4 rings (SSSR count). The van der Waals surface area contributed by atoms with E-state index in [1.54, 1.807) is 22.7 Å². The summed E-state index contributed by atoms with van der Waals surface area (Å²) >= 11 is 1.53. The molecule has 6 nitrogen and oxygen atoms in total. The van der Waals surface area contributed by atoms with Gasteiger partial charge in [-0.3, -0.25) is 9.20 Å². The number of nitriles is 1. The monoisotopic (exact) mass is 337 g/mol. The van der Waals surface area contributed by atoms with Gasteiger partial charge in [-0.25, -0.2) is 0 Å². The number of carbonyl (C=O) groups is 1. The Hall–Kier alpha value is -2.72. The lowest BCUT2D eigenvalue weighted by atomic mass is 9.96. The summed E-state index contributed by atoms with van der Waals surface area (Å²) < 4.78 is 1.78. The van der Waals surface area contributed by atoms with Crippen molar-refractivity contribution >= 4 is 27.9 Å². The summed E-state index contributed by atoms with van der Waals surface area (Å²) in [6.45, 7) is 1.84. The molecule has 1 amide bonds. The van der Waals surface area contributed by atoms with Crippen molar-refractivity contribution in [2.24, 2.45) is 0 Å². The lowest BCUT2D eigenvalue weighted by molar-refractivity contribution is 0.102. The zero-order chi connectivity index (χ0) is 16.7. The number of fused-ring (bicyclic) bond motifs is 2. The normalized spacial score (nSPS) is 13.5. The average molecular weight is 337 g/mol. The van der Waals surface area contributed by atoms with E-state index in [0.717, 1.165) is 37.1 Å². The molecule has 0 spiro atoms. The Bertz CT molecular complexity index is 994. The van der Waals surface area contributed by atoms with Crippen molar-refractivity contribution in [3.8, 4) is 6.07 Å². The summed E-state index contributed by atoms with van der Waals surface area (Å²) in [4.78, 5) is 13.8. The quantitative estimate of drug-likeness (QED) is 0.779. The van der Waals surface area contributed by atoms with Crippen LogP contribution in [0.25, 0.3) is 5.65 Å².